The number of aliphatic hydroxyl groups is 1. The molecular weight excluding hydrogens is 393 g/mol. The first kappa shape index (κ1) is 21.9. The van der Waals surface area contributed by atoms with Crippen LogP contribution in [0, 0.1) is 11.3 Å². The molecule has 1 aliphatic heterocycles. The molecule has 1 fully saturated rings. The number of guanidine groups is 1. The van der Waals surface area contributed by atoms with Gasteiger partial charge in [-0.3, -0.25) is 4.99 Å². The van der Waals surface area contributed by atoms with Gasteiger partial charge in [0, 0.05) is 38.1 Å². The summed E-state index contributed by atoms with van der Waals surface area (Å²) in [5.41, 5.74) is -0.0853. The van der Waals surface area contributed by atoms with E-state index in [9.17, 15) is 5.11 Å². The molecule has 0 aromatic rings. The summed E-state index contributed by atoms with van der Waals surface area (Å²) < 4.78 is 5.44. The predicted octanol–water partition coefficient (Wildman–Crippen LogP) is 2.34. The molecule has 5 nitrogen and oxygen atoms in total. The average molecular weight is 427 g/mol. The lowest BCUT2D eigenvalue weighted by Gasteiger charge is -2.29. The Morgan fingerprint density at radius 2 is 2.05 bits per heavy atom. The molecule has 22 heavy (non-hydrogen) atoms. The molecule has 1 heterocycles. The van der Waals surface area contributed by atoms with Crippen LogP contribution in [0.4, 0.5) is 0 Å². The van der Waals surface area contributed by atoms with Crippen molar-refractivity contribution in [3.05, 3.63) is 0 Å². The highest BCUT2D eigenvalue weighted by Crippen LogP contribution is 2.26. The van der Waals surface area contributed by atoms with Gasteiger partial charge in [-0.1, -0.05) is 13.8 Å². The molecule has 1 rings (SSSR count). The van der Waals surface area contributed by atoms with Gasteiger partial charge in [-0.05, 0) is 26.2 Å². The molecular formula is C16H34IN3O2. The van der Waals surface area contributed by atoms with Gasteiger partial charge in [0.25, 0.3) is 0 Å². The molecule has 1 unspecified atom stereocenters. The van der Waals surface area contributed by atoms with Crippen LogP contribution in [0.1, 0.15) is 40.0 Å². The van der Waals surface area contributed by atoms with E-state index < -0.39 is 0 Å². The van der Waals surface area contributed by atoms with Crippen LogP contribution in [0.25, 0.3) is 0 Å². The third kappa shape index (κ3) is 6.58. The summed E-state index contributed by atoms with van der Waals surface area (Å²) in [5, 5.41) is 13.0. The molecule has 2 N–H and O–H groups in total. The Kier molecular flexibility index (Phi) is 11.4. The van der Waals surface area contributed by atoms with Crippen molar-refractivity contribution in [3.8, 4) is 0 Å². The van der Waals surface area contributed by atoms with Crippen LogP contribution in [0.2, 0.25) is 0 Å². The number of aliphatic hydroxyl groups excluding tert-OH is 1. The molecule has 6 heteroatoms. The smallest absolute Gasteiger partial charge is 0.193 e. The van der Waals surface area contributed by atoms with E-state index in [-0.39, 0.29) is 36.0 Å². The maximum absolute atomic E-state index is 9.67. The van der Waals surface area contributed by atoms with E-state index in [1.165, 1.54) is 0 Å². The minimum absolute atomic E-state index is 0. The maximum atomic E-state index is 9.67. The van der Waals surface area contributed by atoms with Crippen molar-refractivity contribution in [1.29, 1.82) is 0 Å². The van der Waals surface area contributed by atoms with Crippen LogP contribution in [0.5, 0.6) is 0 Å². The van der Waals surface area contributed by atoms with E-state index in [0.29, 0.717) is 12.5 Å². The van der Waals surface area contributed by atoms with Crippen molar-refractivity contribution in [2.75, 3.05) is 46.5 Å². The number of rotatable bonds is 8. The van der Waals surface area contributed by atoms with Crippen molar-refractivity contribution >= 4 is 29.9 Å². The zero-order valence-corrected chi connectivity index (χ0v) is 16.9. The lowest BCUT2D eigenvalue weighted by molar-refractivity contribution is 0.123. The molecule has 132 valence electrons. The first-order valence-electron chi connectivity index (χ1n) is 8.28. The summed E-state index contributed by atoms with van der Waals surface area (Å²) in [6.45, 7) is 10.8. The normalized spacial score (nSPS) is 19.0. The maximum Gasteiger partial charge on any atom is 0.193 e. The number of hydrogen-bond donors (Lipinski definition) is 2. The van der Waals surface area contributed by atoms with Gasteiger partial charge in [0.05, 0.1) is 19.8 Å². The van der Waals surface area contributed by atoms with Crippen molar-refractivity contribution in [2.45, 2.75) is 40.0 Å². The predicted molar refractivity (Wildman–Crippen MR) is 103 cm³/mol. The highest BCUT2D eigenvalue weighted by atomic mass is 127. The van der Waals surface area contributed by atoms with Crippen LogP contribution in [-0.4, -0.2) is 62.5 Å². The molecule has 1 atom stereocenters. The summed E-state index contributed by atoms with van der Waals surface area (Å²) in [4.78, 5) is 6.96. The fourth-order valence-corrected chi connectivity index (χ4v) is 2.66. The topological polar surface area (TPSA) is 57.1 Å². The summed E-state index contributed by atoms with van der Waals surface area (Å²) in [6.07, 6.45) is 3.03. The van der Waals surface area contributed by atoms with Crippen molar-refractivity contribution in [3.63, 3.8) is 0 Å². The lowest BCUT2D eigenvalue weighted by atomic mass is 9.83. The fraction of sp³-hybridized carbons (Fsp3) is 0.938. The molecule has 0 aromatic carbocycles. The Morgan fingerprint density at radius 3 is 2.50 bits per heavy atom. The fourth-order valence-electron chi connectivity index (χ4n) is 2.66. The molecule has 1 aliphatic rings. The van der Waals surface area contributed by atoms with Crippen molar-refractivity contribution in [2.24, 2.45) is 16.3 Å². The number of hydrogen-bond acceptors (Lipinski definition) is 3. The molecule has 0 radical (unpaired) electrons. The molecule has 0 saturated carbocycles. The highest BCUT2D eigenvalue weighted by molar-refractivity contribution is 14.0. The number of ether oxygens (including phenoxy) is 1. The monoisotopic (exact) mass is 427 g/mol. The number of aliphatic imine (C=N–C) groups is 1. The first-order valence-corrected chi connectivity index (χ1v) is 8.28. The van der Waals surface area contributed by atoms with Gasteiger partial charge in [-0.2, -0.15) is 0 Å². The Morgan fingerprint density at radius 1 is 1.36 bits per heavy atom. The first-order chi connectivity index (χ1) is 10.1. The van der Waals surface area contributed by atoms with E-state index in [0.717, 1.165) is 51.5 Å². The number of halogens is 1. The van der Waals surface area contributed by atoms with E-state index in [4.69, 9.17) is 9.73 Å². The van der Waals surface area contributed by atoms with Crippen LogP contribution in [0.15, 0.2) is 4.99 Å². The Labute approximate surface area is 152 Å². The molecule has 1 saturated heterocycles. The second kappa shape index (κ2) is 11.5. The SMILES string of the molecule is CCNC(=NCC(CC)(CC)CO)N(C)CC1CCOC1.I. The van der Waals surface area contributed by atoms with E-state index in [1.807, 2.05) is 0 Å². The van der Waals surface area contributed by atoms with Crippen molar-refractivity contribution in [1.82, 2.24) is 10.2 Å². The van der Waals surface area contributed by atoms with Gasteiger partial charge in [0.15, 0.2) is 5.96 Å². The van der Waals surface area contributed by atoms with E-state index in [2.05, 4.69) is 38.0 Å². The molecule has 0 aliphatic carbocycles. The minimum atomic E-state index is -0.0853. The van der Waals surface area contributed by atoms with Gasteiger partial charge in [0.2, 0.25) is 0 Å². The zero-order chi connectivity index (χ0) is 15.7. The minimum Gasteiger partial charge on any atom is -0.396 e. The number of nitrogens with zero attached hydrogens (tertiary/aromatic N) is 2. The highest BCUT2D eigenvalue weighted by Gasteiger charge is 2.26. The van der Waals surface area contributed by atoms with Gasteiger partial charge in [0.1, 0.15) is 0 Å². The molecule has 0 spiro atoms. The second-order valence-electron chi connectivity index (χ2n) is 6.15. The zero-order valence-electron chi connectivity index (χ0n) is 14.6. The molecule has 0 amide bonds. The van der Waals surface area contributed by atoms with Gasteiger partial charge < -0.3 is 20.1 Å². The third-order valence-corrected chi connectivity index (χ3v) is 4.65. The molecule has 0 bridgehead atoms. The summed E-state index contributed by atoms with van der Waals surface area (Å²) in [5.74, 6) is 1.53. The van der Waals surface area contributed by atoms with E-state index >= 15 is 0 Å². The van der Waals surface area contributed by atoms with Crippen LogP contribution < -0.4 is 5.32 Å². The second-order valence-corrected chi connectivity index (χ2v) is 6.15. The summed E-state index contributed by atoms with van der Waals surface area (Å²) in [6, 6.07) is 0. The van der Waals surface area contributed by atoms with Crippen LogP contribution in [0.3, 0.4) is 0 Å². The summed E-state index contributed by atoms with van der Waals surface area (Å²) in [7, 11) is 2.08. The number of nitrogens with one attached hydrogen (secondary N) is 1. The van der Waals surface area contributed by atoms with Gasteiger partial charge in [-0.25, -0.2) is 0 Å². The Bertz CT molecular complexity index is 308. The third-order valence-electron chi connectivity index (χ3n) is 4.65. The van der Waals surface area contributed by atoms with Gasteiger partial charge in [-0.15, -0.1) is 24.0 Å². The quantitative estimate of drug-likeness (QED) is 0.355. The summed E-state index contributed by atoms with van der Waals surface area (Å²) >= 11 is 0. The molecule has 0 aromatic heterocycles. The standard InChI is InChI=1S/C16H33N3O2.HI/c1-5-16(6-2,13-20)12-18-15(17-7-3)19(4)10-14-8-9-21-11-14;/h14,20H,5-13H2,1-4H3,(H,17,18);1H. The van der Waals surface area contributed by atoms with Crippen LogP contribution in [-0.2, 0) is 4.74 Å². The largest absolute Gasteiger partial charge is 0.396 e. The average Bonchev–Trinajstić information content (AvgIpc) is 3.00. The Balaban J connectivity index is 0.00000441. The van der Waals surface area contributed by atoms with Crippen molar-refractivity contribution < 1.29 is 9.84 Å². The van der Waals surface area contributed by atoms with Crippen LogP contribution >= 0.6 is 24.0 Å². The Hall–Kier alpha value is -0.0800. The van der Waals surface area contributed by atoms with E-state index in [1.54, 1.807) is 0 Å². The lowest BCUT2D eigenvalue weighted by Crippen LogP contribution is -2.42. The van der Waals surface area contributed by atoms with Gasteiger partial charge >= 0.3 is 0 Å².